The molecule has 102 valence electrons. The van der Waals surface area contributed by atoms with Crippen molar-refractivity contribution in [2.75, 3.05) is 5.32 Å². The quantitative estimate of drug-likeness (QED) is 0.835. The third-order valence-electron chi connectivity index (χ3n) is 2.91. The number of anilines is 1. The number of nitrogens with zero attached hydrogens (tertiary/aromatic N) is 1. The lowest BCUT2D eigenvalue weighted by molar-refractivity contribution is 0.598. The molecule has 0 bridgehead atoms. The van der Waals surface area contributed by atoms with Gasteiger partial charge >= 0.3 is 0 Å². The molecule has 0 amide bonds. The van der Waals surface area contributed by atoms with Crippen molar-refractivity contribution in [3.63, 3.8) is 0 Å². The lowest BCUT2D eigenvalue weighted by atomic mass is 10.1. The molecule has 1 aliphatic heterocycles. The monoisotopic (exact) mass is 305 g/mol. The van der Waals surface area contributed by atoms with Crippen LogP contribution in [-0.4, -0.2) is 14.8 Å². The van der Waals surface area contributed by atoms with E-state index in [4.69, 9.17) is 5.14 Å². The van der Waals surface area contributed by atoms with Crippen molar-refractivity contribution in [1.29, 1.82) is 0 Å². The Bertz CT molecular complexity index is 801. The number of sulfonamides is 1. The normalized spacial score (nSPS) is 13.7. The van der Waals surface area contributed by atoms with Gasteiger partial charge in [0.05, 0.1) is 15.5 Å². The first-order chi connectivity index (χ1) is 9.55. The summed E-state index contributed by atoms with van der Waals surface area (Å²) in [5.74, 6) is 0. The standard InChI is InChI=1S/C13H11N3O2S2/c14-20(17,18)13-4-2-1-3-10(13)9-5-6-11-12(7-9)19-16-8-15-11/h1-8H,(H,15,16)(H2,14,17,18). The van der Waals surface area contributed by atoms with Crippen molar-refractivity contribution in [2.24, 2.45) is 9.54 Å². The van der Waals surface area contributed by atoms with Gasteiger partial charge in [0, 0.05) is 17.5 Å². The first-order valence-electron chi connectivity index (χ1n) is 5.77. The van der Waals surface area contributed by atoms with Crippen molar-refractivity contribution in [2.45, 2.75) is 9.79 Å². The highest BCUT2D eigenvalue weighted by Gasteiger charge is 2.16. The third-order valence-corrected chi connectivity index (χ3v) is 4.62. The van der Waals surface area contributed by atoms with Crippen molar-refractivity contribution in [1.82, 2.24) is 0 Å². The number of primary sulfonamides is 1. The van der Waals surface area contributed by atoms with E-state index in [-0.39, 0.29) is 4.90 Å². The Balaban J connectivity index is 2.16. The predicted octanol–water partition coefficient (Wildman–Crippen LogP) is 2.46. The maximum atomic E-state index is 11.7. The highest BCUT2D eigenvalue weighted by atomic mass is 32.2. The van der Waals surface area contributed by atoms with Crippen molar-refractivity contribution in [3.8, 4) is 11.1 Å². The van der Waals surface area contributed by atoms with Gasteiger partial charge in [-0.2, -0.15) is 0 Å². The maximum Gasteiger partial charge on any atom is 0.238 e. The molecule has 7 heteroatoms. The minimum Gasteiger partial charge on any atom is -0.345 e. The molecule has 0 radical (unpaired) electrons. The van der Waals surface area contributed by atoms with Gasteiger partial charge in [0.15, 0.2) is 0 Å². The smallest absolute Gasteiger partial charge is 0.238 e. The maximum absolute atomic E-state index is 11.7. The second-order valence-corrected chi connectivity index (χ2v) is 6.59. The molecule has 1 heterocycles. The van der Waals surface area contributed by atoms with Gasteiger partial charge in [0.2, 0.25) is 10.0 Å². The number of nitrogens with two attached hydrogens (primary N) is 1. The summed E-state index contributed by atoms with van der Waals surface area (Å²) in [6, 6.07) is 12.3. The van der Waals surface area contributed by atoms with Crippen LogP contribution in [0.25, 0.3) is 11.1 Å². The van der Waals surface area contributed by atoms with Gasteiger partial charge in [-0.05, 0) is 23.8 Å². The molecule has 0 aromatic heterocycles. The molecule has 0 unspecified atom stereocenters. The summed E-state index contributed by atoms with van der Waals surface area (Å²) in [5, 5.41) is 8.29. The van der Waals surface area contributed by atoms with Gasteiger partial charge < -0.3 is 5.32 Å². The fourth-order valence-electron chi connectivity index (χ4n) is 2.02. The summed E-state index contributed by atoms with van der Waals surface area (Å²) in [6.07, 6.45) is 1.62. The zero-order valence-corrected chi connectivity index (χ0v) is 11.9. The van der Waals surface area contributed by atoms with Crippen LogP contribution >= 0.6 is 11.9 Å². The Hall–Kier alpha value is -1.83. The largest absolute Gasteiger partial charge is 0.345 e. The number of fused-ring (bicyclic) bond motifs is 1. The summed E-state index contributed by atoms with van der Waals surface area (Å²) in [5.41, 5.74) is 2.33. The number of nitrogens with one attached hydrogen (secondary N) is 1. The second-order valence-electron chi connectivity index (χ2n) is 4.22. The van der Waals surface area contributed by atoms with Crippen molar-refractivity contribution in [3.05, 3.63) is 42.5 Å². The molecule has 3 rings (SSSR count). The van der Waals surface area contributed by atoms with E-state index in [0.717, 1.165) is 16.1 Å². The lowest BCUT2D eigenvalue weighted by Crippen LogP contribution is -2.13. The SMILES string of the molecule is NS(=O)(=O)c1ccccc1-c1ccc2c(c1)SN=CN2. The average Bonchev–Trinajstić information content (AvgIpc) is 2.46. The third kappa shape index (κ3) is 2.43. The Morgan fingerprint density at radius 3 is 2.75 bits per heavy atom. The molecule has 0 aliphatic carbocycles. The molecule has 3 N–H and O–H groups in total. The lowest BCUT2D eigenvalue weighted by Gasteiger charge is -2.14. The van der Waals surface area contributed by atoms with E-state index >= 15 is 0 Å². The zero-order chi connectivity index (χ0) is 14.2. The van der Waals surface area contributed by atoms with Crippen LogP contribution in [0.5, 0.6) is 0 Å². The Morgan fingerprint density at radius 1 is 1.15 bits per heavy atom. The Morgan fingerprint density at radius 2 is 1.95 bits per heavy atom. The number of rotatable bonds is 2. The molecular formula is C13H11N3O2S2. The molecule has 0 fully saturated rings. The topological polar surface area (TPSA) is 84.6 Å². The first-order valence-corrected chi connectivity index (χ1v) is 8.09. The van der Waals surface area contributed by atoms with Crippen LogP contribution in [0.2, 0.25) is 0 Å². The highest BCUT2D eigenvalue weighted by molar-refractivity contribution is 7.98. The molecule has 0 spiro atoms. The highest BCUT2D eigenvalue weighted by Crippen LogP contribution is 2.36. The van der Waals surface area contributed by atoms with Crippen LogP contribution < -0.4 is 10.5 Å². The second kappa shape index (κ2) is 4.93. The summed E-state index contributed by atoms with van der Waals surface area (Å²) in [7, 11) is -3.75. The van der Waals surface area contributed by atoms with Crippen LogP contribution in [0.3, 0.4) is 0 Å². The minimum atomic E-state index is -3.75. The van der Waals surface area contributed by atoms with E-state index in [1.165, 1.54) is 18.0 Å². The van der Waals surface area contributed by atoms with Crippen LogP contribution in [0, 0.1) is 0 Å². The van der Waals surface area contributed by atoms with Crippen molar-refractivity contribution >= 4 is 34.0 Å². The zero-order valence-electron chi connectivity index (χ0n) is 10.3. The van der Waals surface area contributed by atoms with E-state index in [1.807, 2.05) is 18.2 Å². The average molecular weight is 305 g/mol. The fraction of sp³-hybridized carbons (Fsp3) is 0. The number of hydrogen-bond acceptors (Lipinski definition) is 5. The van der Waals surface area contributed by atoms with Crippen LogP contribution in [0.1, 0.15) is 0 Å². The van der Waals surface area contributed by atoms with Gasteiger partial charge in [0.25, 0.3) is 0 Å². The summed E-state index contributed by atoms with van der Waals surface area (Å²) in [4.78, 5) is 1.06. The summed E-state index contributed by atoms with van der Waals surface area (Å²) < 4.78 is 27.4. The molecule has 20 heavy (non-hydrogen) atoms. The molecule has 2 aromatic carbocycles. The van der Waals surface area contributed by atoms with Gasteiger partial charge in [-0.25, -0.2) is 18.0 Å². The van der Waals surface area contributed by atoms with Gasteiger partial charge in [0.1, 0.15) is 6.34 Å². The van der Waals surface area contributed by atoms with Crippen LogP contribution in [-0.2, 0) is 10.0 Å². The fourth-order valence-corrected chi connectivity index (χ4v) is 3.40. The van der Waals surface area contributed by atoms with Gasteiger partial charge in [-0.3, -0.25) is 0 Å². The van der Waals surface area contributed by atoms with Crippen molar-refractivity contribution < 1.29 is 8.42 Å². The molecule has 2 aromatic rings. The number of benzene rings is 2. The Kier molecular flexibility index (Phi) is 3.25. The summed E-state index contributed by atoms with van der Waals surface area (Å²) >= 11 is 1.34. The number of hydrogen-bond donors (Lipinski definition) is 2. The molecule has 0 saturated carbocycles. The minimum absolute atomic E-state index is 0.122. The molecule has 5 nitrogen and oxygen atoms in total. The molecule has 0 atom stereocenters. The molecule has 0 saturated heterocycles. The van der Waals surface area contributed by atoms with Crippen LogP contribution in [0.4, 0.5) is 5.69 Å². The van der Waals surface area contributed by atoms with E-state index in [9.17, 15) is 8.42 Å². The predicted molar refractivity (Wildman–Crippen MR) is 81.2 cm³/mol. The van der Waals surface area contributed by atoms with E-state index in [0.29, 0.717) is 5.56 Å². The molecular weight excluding hydrogens is 294 g/mol. The first kappa shape index (κ1) is 13.2. The molecule has 1 aliphatic rings. The van der Waals surface area contributed by atoms with E-state index in [1.54, 1.807) is 24.5 Å². The summed E-state index contributed by atoms with van der Waals surface area (Å²) in [6.45, 7) is 0. The van der Waals surface area contributed by atoms with E-state index < -0.39 is 10.0 Å². The Labute approximate surface area is 121 Å². The van der Waals surface area contributed by atoms with Crippen LogP contribution in [0.15, 0.2) is 56.7 Å². The van der Waals surface area contributed by atoms with E-state index in [2.05, 4.69) is 9.71 Å². The van der Waals surface area contributed by atoms with Gasteiger partial charge in [-0.1, -0.05) is 24.3 Å². The van der Waals surface area contributed by atoms with Gasteiger partial charge in [-0.15, -0.1) is 0 Å².